The molecule has 0 radical (unpaired) electrons. The number of carboxylic acids is 1. The standard InChI is InChI=1S/C12H10F3N5O2/c13-12(14,15)11-18-4-8(10(21)22)9(20-11)19-7-2-5(16)1-6(17)3-7/h1-4H,16-17H2,(H,21,22)(H,18,19,20). The number of carboxylic acid groups (broad SMARTS) is 1. The summed E-state index contributed by atoms with van der Waals surface area (Å²) in [6, 6.07) is 4.18. The van der Waals surface area contributed by atoms with Gasteiger partial charge in [0, 0.05) is 23.3 Å². The predicted molar refractivity (Wildman–Crippen MR) is 72.5 cm³/mol. The van der Waals surface area contributed by atoms with Crippen LogP contribution >= 0.6 is 0 Å². The Balaban J connectivity index is 2.49. The minimum atomic E-state index is -4.80. The molecule has 1 aromatic heterocycles. The van der Waals surface area contributed by atoms with Crippen molar-refractivity contribution in [1.29, 1.82) is 0 Å². The molecule has 0 saturated carbocycles. The van der Waals surface area contributed by atoms with Gasteiger partial charge in [-0.25, -0.2) is 14.8 Å². The molecule has 2 rings (SSSR count). The van der Waals surface area contributed by atoms with Gasteiger partial charge in [0.15, 0.2) is 0 Å². The molecule has 0 unspecified atom stereocenters. The number of benzene rings is 1. The fourth-order valence-corrected chi connectivity index (χ4v) is 1.66. The zero-order valence-corrected chi connectivity index (χ0v) is 10.8. The van der Waals surface area contributed by atoms with E-state index in [2.05, 4.69) is 15.3 Å². The minimum Gasteiger partial charge on any atom is -0.477 e. The van der Waals surface area contributed by atoms with Gasteiger partial charge in [-0.3, -0.25) is 0 Å². The minimum absolute atomic E-state index is 0.201. The summed E-state index contributed by atoms with van der Waals surface area (Å²) in [6.07, 6.45) is -4.22. The Morgan fingerprint density at radius 3 is 2.27 bits per heavy atom. The van der Waals surface area contributed by atoms with E-state index in [1.807, 2.05) is 0 Å². The van der Waals surface area contributed by atoms with E-state index in [0.717, 1.165) is 0 Å². The van der Waals surface area contributed by atoms with Crippen LogP contribution in [0.15, 0.2) is 24.4 Å². The monoisotopic (exact) mass is 313 g/mol. The van der Waals surface area contributed by atoms with Crippen molar-refractivity contribution < 1.29 is 23.1 Å². The summed E-state index contributed by atoms with van der Waals surface area (Å²) in [5.74, 6) is -3.45. The molecule has 1 heterocycles. The Kier molecular flexibility index (Phi) is 3.76. The van der Waals surface area contributed by atoms with Gasteiger partial charge >= 0.3 is 12.1 Å². The van der Waals surface area contributed by atoms with E-state index in [-0.39, 0.29) is 17.1 Å². The molecule has 1 aromatic carbocycles. The number of halogens is 3. The molecule has 0 saturated heterocycles. The highest BCUT2D eigenvalue weighted by molar-refractivity contribution is 5.93. The van der Waals surface area contributed by atoms with Crippen molar-refractivity contribution in [3.63, 3.8) is 0 Å². The summed E-state index contributed by atoms with van der Waals surface area (Å²) in [5, 5.41) is 11.5. The van der Waals surface area contributed by atoms with Crippen LogP contribution in [0.5, 0.6) is 0 Å². The normalized spacial score (nSPS) is 11.2. The third-order valence-electron chi connectivity index (χ3n) is 2.51. The van der Waals surface area contributed by atoms with Crippen LogP contribution in [-0.4, -0.2) is 21.0 Å². The number of nitrogen functional groups attached to an aromatic ring is 2. The number of anilines is 4. The van der Waals surface area contributed by atoms with E-state index in [4.69, 9.17) is 16.6 Å². The Hall–Kier alpha value is -3.04. The molecule has 10 heteroatoms. The number of alkyl halides is 3. The number of aromatic nitrogens is 2. The van der Waals surface area contributed by atoms with Crippen molar-refractivity contribution in [1.82, 2.24) is 9.97 Å². The topological polar surface area (TPSA) is 127 Å². The van der Waals surface area contributed by atoms with Crippen LogP contribution in [0.1, 0.15) is 16.2 Å². The second kappa shape index (κ2) is 5.39. The quantitative estimate of drug-likeness (QED) is 0.639. The van der Waals surface area contributed by atoms with Crippen molar-refractivity contribution >= 4 is 28.8 Å². The van der Waals surface area contributed by atoms with E-state index >= 15 is 0 Å². The molecule has 0 bridgehead atoms. The summed E-state index contributed by atoms with van der Waals surface area (Å²) in [4.78, 5) is 17.3. The van der Waals surface area contributed by atoms with Gasteiger partial charge in [0.2, 0.25) is 5.82 Å². The molecule has 6 N–H and O–H groups in total. The number of nitrogens with zero attached hydrogens (tertiary/aromatic N) is 2. The second-order valence-electron chi connectivity index (χ2n) is 4.27. The first-order valence-corrected chi connectivity index (χ1v) is 5.77. The highest BCUT2D eigenvalue weighted by atomic mass is 19.4. The maximum Gasteiger partial charge on any atom is 0.451 e. The van der Waals surface area contributed by atoms with Gasteiger partial charge in [-0.1, -0.05) is 0 Å². The molecule has 0 spiro atoms. The largest absolute Gasteiger partial charge is 0.477 e. The molecule has 0 fully saturated rings. The third kappa shape index (κ3) is 3.34. The van der Waals surface area contributed by atoms with Crippen LogP contribution in [0.3, 0.4) is 0 Å². The molecule has 0 aliphatic heterocycles. The molecule has 0 amide bonds. The van der Waals surface area contributed by atoms with E-state index < -0.39 is 29.4 Å². The van der Waals surface area contributed by atoms with Gasteiger partial charge in [-0.15, -0.1) is 0 Å². The van der Waals surface area contributed by atoms with Crippen LogP contribution in [0.25, 0.3) is 0 Å². The maximum atomic E-state index is 12.6. The molecule has 2 aromatic rings. The van der Waals surface area contributed by atoms with Crippen molar-refractivity contribution in [3.8, 4) is 0 Å². The Bertz CT molecular complexity index is 713. The van der Waals surface area contributed by atoms with Gasteiger partial charge < -0.3 is 21.9 Å². The molecule has 116 valence electrons. The zero-order valence-electron chi connectivity index (χ0n) is 10.8. The SMILES string of the molecule is Nc1cc(N)cc(Nc2nc(C(F)(F)F)ncc2C(=O)O)c1. The first kappa shape index (κ1) is 15.4. The number of nitrogens with one attached hydrogen (secondary N) is 1. The van der Waals surface area contributed by atoms with Crippen LogP contribution in [-0.2, 0) is 6.18 Å². The number of hydrogen-bond acceptors (Lipinski definition) is 6. The highest BCUT2D eigenvalue weighted by Gasteiger charge is 2.35. The number of carbonyl (C=O) groups is 1. The summed E-state index contributed by atoms with van der Waals surface area (Å²) >= 11 is 0. The van der Waals surface area contributed by atoms with Crippen LogP contribution in [0.4, 0.5) is 36.1 Å². The van der Waals surface area contributed by atoms with Crippen LogP contribution in [0.2, 0.25) is 0 Å². The van der Waals surface area contributed by atoms with Crippen molar-refractivity contribution in [2.45, 2.75) is 6.18 Å². The Labute approximate surface area is 121 Å². The summed E-state index contributed by atoms with van der Waals surface area (Å²) in [7, 11) is 0. The number of aromatic carboxylic acids is 1. The first-order valence-electron chi connectivity index (χ1n) is 5.77. The molecule has 0 aliphatic carbocycles. The maximum absolute atomic E-state index is 12.6. The van der Waals surface area contributed by atoms with Crippen molar-refractivity contribution in [2.75, 3.05) is 16.8 Å². The van der Waals surface area contributed by atoms with E-state index in [9.17, 15) is 18.0 Å². The average molecular weight is 313 g/mol. The van der Waals surface area contributed by atoms with Crippen molar-refractivity contribution in [2.24, 2.45) is 0 Å². The number of rotatable bonds is 3. The highest BCUT2D eigenvalue weighted by Crippen LogP contribution is 2.29. The fraction of sp³-hybridized carbons (Fsp3) is 0.0833. The summed E-state index contributed by atoms with van der Waals surface area (Å²) in [6.45, 7) is 0. The fourth-order valence-electron chi connectivity index (χ4n) is 1.66. The second-order valence-corrected chi connectivity index (χ2v) is 4.27. The first-order chi connectivity index (χ1) is 10.2. The van der Waals surface area contributed by atoms with Gasteiger partial charge in [-0.05, 0) is 18.2 Å². The van der Waals surface area contributed by atoms with E-state index in [1.54, 1.807) is 0 Å². The van der Waals surface area contributed by atoms with Gasteiger partial charge in [0.1, 0.15) is 11.4 Å². The Morgan fingerprint density at radius 1 is 1.18 bits per heavy atom. The molecule has 0 atom stereocenters. The van der Waals surface area contributed by atoms with Crippen molar-refractivity contribution in [3.05, 3.63) is 35.8 Å². The van der Waals surface area contributed by atoms with E-state index in [1.165, 1.54) is 18.2 Å². The molecular formula is C12H10F3N5O2. The van der Waals surface area contributed by atoms with E-state index in [0.29, 0.717) is 6.20 Å². The predicted octanol–water partition coefficient (Wildman–Crippen LogP) is 2.10. The van der Waals surface area contributed by atoms with Gasteiger partial charge in [0.05, 0.1) is 0 Å². The van der Waals surface area contributed by atoms with Crippen LogP contribution in [0, 0.1) is 0 Å². The van der Waals surface area contributed by atoms with Crippen LogP contribution < -0.4 is 16.8 Å². The molecular weight excluding hydrogens is 303 g/mol. The molecule has 7 nitrogen and oxygen atoms in total. The summed E-state index contributed by atoms with van der Waals surface area (Å²) < 4.78 is 37.9. The average Bonchev–Trinajstić information content (AvgIpc) is 2.35. The number of nitrogens with two attached hydrogens (primary N) is 2. The third-order valence-corrected chi connectivity index (χ3v) is 2.51. The number of hydrogen-bond donors (Lipinski definition) is 4. The zero-order chi connectivity index (χ0) is 16.5. The lowest BCUT2D eigenvalue weighted by Crippen LogP contribution is -2.15. The lowest BCUT2D eigenvalue weighted by molar-refractivity contribution is -0.144. The smallest absolute Gasteiger partial charge is 0.451 e. The lowest BCUT2D eigenvalue weighted by Gasteiger charge is -2.12. The van der Waals surface area contributed by atoms with Gasteiger partial charge in [0.25, 0.3) is 0 Å². The molecule has 22 heavy (non-hydrogen) atoms. The Morgan fingerprint density at radius 2 is 1.77 bits per heavy atom. The summed E-state index contributed by atoms with van der Waals surface area (Å²) in [5.41, 5.74) is 11.3. The molecule has 0 aliphatic rings. The lowest BCUT2D eigenvalue weighted by atomic mass is 10.2. The van der Waals surface area contributed by atoms with Gasteiger partial charge in [-0.2, -0.15) is 13.2 Å².